The molecule has 0 N–H and O–H groups in total. The predicted octanol–water partition coefficient (Wildman–Crippen LogP) is 1.69. The molecule has 3 nitrogen and oxygen atoms in total. The van der Waals surface area contributed by atoms with Crippen LogP contribution >= 0.6 is 11.6 Å². The van der Waals surface area contributed by atoms with Gasteiger partial charge in [0.05, 0.1) is 0 Å². The van der Waals surface area contributed by atoms with E-state index in [0.29, 0.717) is 5.15 Å². The van der Waals surface area contributed by atoms with E-state index in [4.69, 9.17) is 11.6 Å². The predicted molar refractivity (Wildman–Crippen MR) is 42.7 cm³/mol. The Morgan fingerprint density at radius 1 is 1.55 bits per heavy atom. The average molecular weight is 168 g/mol. The lowest BCUT2D eigenvalue weighted by Crippen LogP contribution is -1.90. The van der Waals surface area contributed by atoms with Gasteiger partial charge in [0, 0.05) is 6.20 Å². The summed E-state index contributed by atoms with van der Waals surface area (Å²) in [5.41, 5.74) is 1.99. The van der Waals surface area contributed by atoms with Crippen molar-refractivity contribution in [2.45, 2.75) is 6.92 Å². The molecule has 56 valence electrons. The Bertz CT molecular complexity index is 393. The van der Waals surface area contributed by atoms with Crippen molar-refractivity contribution in [3.05, 3.63) is 29.3 Å². The van der Waals surface area contributed by atoms with Crippen LogP contribution in [0.3, 0.4) is 0 Å². The highest BCUT2D eigenvalue weighted by molar-refractivity contribution is 6.32. The molecule has 0 aliphatic carbocycles. The lowest BCUT2D eigenvalue weighted by molar-refractivity contribution is 0.901. The van der Waals surface area contributed by atoms with Crippen LogP contribution < -0.4 is 0 Å². The van der Waals surface area contributed by atoms with Gasteiger partial charge in [0.25, 0.3) is 0 Å². The van der Waals surface area contributed by atoms with Crippen LogP contribution in [0.4, 0.5) is 0 Å². The Morgan fingerprint density at radius 3 is 3.09 bits per heavy atom. The molecule has 0 aromatic carbocycles. The number of aromatic nitrogens is 3. The Morgan fingerprint density at radius 2 is 2.36 bits per heavy atom. The van der Waals surface area contributed by atoms with Gasteiger partial charge in [0.2, 0.25) is 0 Å². The third kappa shape index (κ3) is 0.973. The van der Waals surface area contributed by atoms with Gasteiger partial charge in [-0.3, -0.25) is 0 Å². The second kappa shape index (κ2) is 2.20. The number of halogens is 1. The van der Waals surface area contributed by atoms with Crippen LogP contribution in [-0.4, -0.2) is 14.6 Å². The van der Waals surface area contributed by atoms with E-state index in [9.17, 15) is 0 Å². The highest BCUT2D eigenvalue weighted by Gasteiger charge is 2.00. The number of aryl methyl sites for hydroxylation is 1. The standard InChI is InChI=1S/C7H6ClN3/c1-5-2-6-7(8)9-4-10-11(6)3-5/h2-4H,1H3. The first kappa shape index (κ1) is 6.61. The summed E-state index contributed by atoms with van der Waals surface area (Å²) in [4.78, 5) is 3.85. The Kier molecular flexibility index (Phi) is 1.32. The number of hydrogen-bond donors (Lipinski definition) is 0. The van der Waals surface area contributed by atoms with Crippen molar-refractivity contribution in [2.24, 2.45) is 0 Å². The van der Waals surface area contributed by atoms with Crippen molar-refractivity contribution in [1.29, 1.82) is 0 Å². The van der Waals surface area contributed by atoms with Crippen LogP contribution in [0.15, 0.2) is 18.6 Å². The molecule has 11 heavy (non-hydrogen) atoms. The highest BCUT2D eigenvalue weighted by atomic mass is 35.5. The first-order valence-electron chi connectivity index (χ1n) is 3.23. The Labute approximate surface area is 68.6 Å². The highest BCUT2D eigenvalue weighted by Crippen LogP contribution is 2.14. The molecule has 0 fully saturated rings. The van der Waals surface area contributed by atoms with E-state index in [1.807, 2.05) is 19.2 Å². The van der Waals surface area contributed by atoms with Gasteiger partial charge in [-0.05, 0) is 18.6 Å². The third-order valence-electron chi connectivity index (χ3n) is 1.50. The SMILES string of the molecule is Cc1cc2c(Cl)ncnn2c1. The second-order valence-electron chi connectivity index (χ2n) is 2.40. The lowest BCUT2D eigenvalue weighted by atomic mass is 10.4. The maximum absolute atomic E-state index is 5.80. The van der Waals surface area contributed by atoms with Gasteiger partial charge in [-0.1, -0.05) is 11.6 Å². The van der Waals surface area contributed by atoms with Crippen molar-refractivity contribution in [3.63, 3.8) is 0 Å². The van der Waals surface area contributed by atoms with E-state index in [2.05, 4.69) is 10.1 Å². The van der Waals surface area contributed by atoms with E-state index in [0.717, 1.165) is 11.1 Å². The summed E-state index contributed by atoms with van der Waals surface area (Å²) in [5.74, 6) is 0. The summed E-state index contributed by atoms with van der Waals surface area (Å²) in [5, 5.41) is 4.48. The van der Waals surface area contributed by atoms with Gasteiger partial charge in [-0.2, -0.15) is 5.10 Å². The topological polar surface area (TPSA) is 30.2 Å². The second-order valence-corrected chi connectivity index (χ2v) is 2.76. The molecular formula is C7H6ClN3. The molecule has 0 amide bonds. The molecule has 0 radical (unpaired) electrons. The quantitative estimate of drug-likeness (QED) is 0.598. The zero-order chi connectivity index (χ0) is 7.84. The third-order valence-corrected chi connectivity index (χ3v) is 1.79. The molecule has 2 aromatic heterocycles. The average Bonchev–Trinajstić information content (AvgIpc) is 2.31. The molecule has 4 heteroatoms. The summed E-state index contributed by atoms with van der Waals surface area (Å²) < 4.78 is 1.71. The fraction of sp³-hybridized carbons (Fsp3) is 0.143. The summed E-state index contributed by atoms with van der Waals surface area (Å²) in [6.07, 6.45) is 3.34. The molecule has 0 unspecified atom stereocenters. The number of hydrogen-bond acceptors (Lipinski definition) is 2. The minimum atomic E-state index is 0.494. The normalized spacial score (nSPS) is 10.7. The van der Waals surface area contributed by atoms with E-state index >= 15 is 0 Å². The summed E-state index contributed by atoms with van der Waals surface area (Å²) in [7, 11) is 0. The summed E-state index contributed by atoms with van der Waals surface area (Å²) >= 11 is 5.80. The smallest absolute Gasteiger partial charge is 0.156 e. The molecule has 0 spiro atoms. The van der Waals surface area contributed by atoms with Gasteiger partial charge in [0.15, 0.2) is 5.15 Å². The van der Waals surface area contributed by atoms with Gasteiger partial charge < -0.3 is 0 Å². The maximum Gasteiger partial charge on any atom is 0.156 e. The van der Waals surface area contributed by atoms with Crippen LogP contribution in [0.2, 0.25) is 5.15 Å². The summed E-state index contributed by atoms with van der Waals surface area (Å²) in [6, 6.07) is 1.95. The fourth-order valence-corrected chi connectivity index (χ4v) is 1.21. The molecule has 0 aliphatic heterocycles. The van der Waals surface area contributed by atoms with E-state index in [-0.39, 0.29) is 0 Å². The van der Waals surface area contributed by atoms with Crippen LogP contribution in [0.5, 0.6) is 0 Å². The lowest BCUT2D eigenvalue weighted by Gasteiger charge is -1.91. The van der Waals surface area contributed by atoms with E-state index < -0.39 is 0 Å². The zero-order valence-electron chi connectivity index (χ0n) is 5.95. The van der Waals surface area contributed by atoms with Crippen LogP contribution in [-0.2, 0) is 0 Å². The van der Waals surface area contributed by atoms with E-state index in [1.165, 1.54) is 6.33 Å². The molecule has 0 atom stereocenters. The Hall–Kier alpha value is -1.09. The summed E-state index contributed by atoms with van der Waals surface area (Å²) in [6.45, 7) is 1.99. The molecular weight excluding hydrogens is 162 g/mol. The van der Waals surface area contributed by atoms with Crippen LogP contribution in [0.25, 0.3) is 5.52 Å². The first-order chi connectivity index (χ1) is 5.27. The van der Waals surface area contributed by atoms with Crippen molar-refractivity contribution in [1.82, 2.24) is 14.6 Å². The van der Waals surface area contributed by atoms with Gasteiger partial charge in [-0.25, -0.2) is 9.50 Å². The molecule has 2 heterocycles. The van der Waals surface area contributed by atoms with Crippen molar-refractivity contribution >= 4 is 17.1 Å². The first-order valence-corrected chi connectivity index (χ1v) is 3.60. The van der Waals surface area contributed by atoms with Gasteiger partial charge in [0.1, 0.15) is 11.8 Å². The van der Waals surface area contributed by atoms with Crippen molar-refractivity contribution in [2.75, 3.05) is 0 Å². The molecule has 2 aromatic rings. The largest absolute Gasteiger partial charge is 0.236 e. The van der Waals surface area contributed by atoms with Crippen molar-refractivity contribution < 1.29 is 0 Å². The minimum Gasteiger partial charge on any atom is -0.236 e. The molecule has 0 bridgehead atoms. The van der Waals surface area contributed by atoms with Crippen LogP contribution in [0, 0.1) is 6.92 Å². The monoisotopic (exact) mass is 167 g/mol. The van der Waals surface area contributed by atoms with Gasteiger partial charge >= 0.3 is 0 Å². The van der Waals surface area contributed by atoms with Crippen molar-refractivity contribution in [3.8, 4) is 0 Å². The minimum absolute atomic E-state index is 0.494. The van der Waals surface area contributed by atoms with Gasteiger partial charge in [-0.15, -0.1) is 0 Å². The van der Waals surface area contributed by atoms with E-state index in [1.54, 1.807) is 4.52 Å². The maximum atomic E-state index is 5.80. The zero-order valence-corrected chi connectivity index (χ0v) is 6.71. The fourth-order valence-electron chi connectivity index (χ4n) is 1.03. The number of nitrogens with zero attached hydrogens (tertiary/aromatic N) is 3. The van der Waals surface area contributed by atoms with Crippen LogP contribution in [0.1, 0.15) is 5.56 Å². The number of rotatable bonds is 0. The molecule has 0 saturated carbocycles. The Balaban J connectivity index is 2.90. The number of fused-ring (bicyclic) bond motifs is 1. The molecule has 2 rings (SSSR count). The molecule has 0 saturated heterocycles. The molecule has 0 aliphatic rings.